The van der Waals surface area contributed by atoms with Crippen molar-refractivity contribution in [1.82, 2.24) is 19.8 Å². The second kappa shape index (κ2) is 9.15. The molecule has 1 aromatic rings. The molecule has 1 aliphatic heterocycles. The molecule has 0 fully saturated rings. The van der Waals surface area contributed by atoms with Gasteiger partial charge < -0.3 is 25.3 Å². The van der Waals surface area contributed by atoms with Crippen molar-refractivity contribution in [3.05, 3.63) is 16.1 Å². The van der Waals surface area contributed by atoms with Gasteiger partial charge in [0.15, 0.2) is 10.4 Å². The minimum atomic E-state index is -0.786. The van der Waals surface area contributed by atoms with Gasteiger partial charge in [-0.2, -0.15) is 0 Å². The van der Waals surface area contributed by atoms with E-state index in [2.05, 4.69) is 26.2 Å². The van der Waals surface area contributed by atoms with Crippen molar-refractivity contribution in [2.24, 2.45) is 11.7 Å². The molecule has 9 nitrogen and oxygen atoms in total. The predicted molar refractivity (Wildman–Crippen MR) is 111 cm³/mol. The third-order valence-corrected chi connectivity index (χ3v) is 5.00. The van der Waals surface area contributed by atoms with Crippen molar-refractivity contribution < 1.29 is 19.1 Å². The Morgan fingerprint density at radius 1 is 1.28 bits per heavy atom. The molecule has 2 rings (SSSR count). The minimum absolute atomic E-state index is 0.169. The first kappa shape index (κ1) is 23.2. The molecule has 0 unspecified atom stereocenters. The third-order valence-electron chi connectivity index (χ3n) is 4.40. The highest BCUT2D eigenvalue weighted by molar-refractivity contribution is 9.10. The van der Waals surface area contributed by atoms with Gasteiger partial charge in [-0.05, 0) is 55.5 Å². The Morgan fingerprint density at radius 3 is 2.48 bits per heavy atom. The number of primary amides is 1. The number of hydrogen-bond acceptors (Lipinski definition) is 5. The van der Waals surface area contributed by atoms with Gasteiger partial charge in [-0.1, -0.05) is 13.8 Å². The molecular weight excluding hydrogens is 442 g/mol. The van der Waals surface area contributed by atoms with Crippen LogP contribution < -0.4 is 11.1 Å². The van der Waals surface area contributed by atoms with Crippen molar-refractivity contribution in [3.63, 3.8) is 0 Å². The Hall–Kier alpha value is -2.10. The molecule has 162 valence electrons. The first-order chi connectivity index (χ1) is 13.4. The smallest absolute Gasteiger partial charge is 0.410 e. The number of hydrogen-bond donors (Lipinski definition) is 2. The first-order valence-electron chi connectivity index (χ1n) is 9.72. The highest BCUT2D eigenvalue weighted by Crippen LogP contribution is 2.24. The first-order valence-corrected chi connectivity index (χ1v) is 10.5. The molecule has 1 aliphatic rings. The number of ether oxygens (including phenoxy) is 1. The van der Waals surface area contributed by atoms with E-state index >= 15 is 0 Å². The van der Waals surface area contributed by atoms with Crippen LogP contribution in [0.25, 0.3) is 0 Å². The van der Waals surface area contributed by atoms with Crippen LogP contribution in [0.3, 0.4) is 0 Å². The van der Waals surface area contributed by atoms with Crippen molar-refractivity contribution in [1.29, 1.82) is 0 Å². The zero-order chi connectivity index (χ0) is 21.9. The van der Waals surface area contributed by atoms with Crippen molar-refractivity contribution in [3.8, 4) is 0 Å². The zero-order valence-electron chi connectivity index (χ0n) is 17.6. The van der Waals surface area contributed by atoms with Gasteiger partial charge in [0.1, 0.15) is 11.6 Å². The summed E-state index contributed by atoms with van der Waals surface area (Å²) in [6.45, 7) is 10.6. The van der Waals surface area contributed by atoms with Crippen LogP contribution >= 0.6 is 15.9 Å². The predicted octanol–water partition coefficient (Wildman–Crippen LogP) is 2.42. The average molecular weight is 472 g/mol. The van der Waals surface area contributed by atoms with Crippen LogP contribution in [0, 0.1) is 5.92 Å². The van der Waals surface area contributed by atoms with Gasteiger partial charge in [0, 0.05) is 13.1 Å². The number of nitrogens with one attached hydrogen (secondary N) is 1. The summed E-state index contributed by atoms with van der Waals surface area (Å²) in [6, 6.07) is -0.786. The van der Waals surface area contributed by atoms with Crippen molar-refractivity contribution in [2.75, 3.05) is 6.54 Å². The summed E-state index contributed by atoms with van der Waals surface area (Å²) in [6.07, 6.45) is 0.687. The fourth-order valence-corrected chi connectivity index (χ4v) is 3.70. The number of carbonyl (C=O) groups excluding carboxylic acids is 3. The Bertz CT molecular complexity index is 784. The van der Waals surface area contributed by atoms with E-state index in [-0.39, 0.29) is 18.2 Å². The number of rotatable bonds is 5. The van der Waals surface area contributed by atoms with Crippen LogP contribution in [0.15, 0.2) is 4.73 Å². The van der Waals surface area contributed by atoms with E-state index in [0.29, 0.717) is 36.4 Å². The van der Waals surface area contributed by atoms with Crippen LogP contribution in [0.4, 0.5) is 4.79 Å². The minimum Gasteiger partial charge on any atom is -0.444 e. The van der Waals surface area contributed by atoms with Crippen LogP contribution in [0.5, 0.6) is 0 Å². The molecule has 0 aromatic carbocycles. The molecule has 0 spiro atoms. The fraction of sp³-hybridized carbons (Fsp3) is 0.684. The quantitative estimate of drug-likeness (QED) is 0.682. The van der Waals surface area contributed by atoms with E-state index in [0.717, 1.165) is 0 Å². The summed E-state index contributed by atoms with van der Waals surface area (Å²) < 4.78 is 7.84. The number of amides is 3. The number of fused-ring (bicyclic) bond motifs is 1. The second-order valence-corrected chi connectivity index (χ2v) is 9.35. The molecule has 0 saturated carbocycles. The molecule has 3 N–H and O–H groups in total. The Morgan fingerprint density at radius 2 is 1.93 bits per heavy atom. The van der Waals surface area contributed by atoms with Gasteiger partial charge in [0.2, 0.25) is 5.91 Å². The van der Waals surface area contributed by atoms with Gasteiger partial charge in [0.05, 0.1) is 12.2 Å². The Balaban J connectivity index is 2.27. The highest BCUT2D eigenvalue weighted by atomic mass is 79.9. The lowest BCUT2D eigenvalue weighted by atomic mass is 10.0. The van der Waals surface area contributed by atoms with Crippen molar-refractivity contribution in [2.45, 2.75) is 72.2 Å². The van der Waals surface area contributed by atoms with E-state index in [9.17, 15) is 14.4 Å². The van der Waals surface area contributed by atoms with Gasteiger partial charge in [-0.3, -0.25) is 9.59 Å². The molecule has 2 heterocycles. The number of nitrogens with zero attached hydrogens (tertiary/aromatic N) is 3. The molecule has 0 saturated heterocycles. The lowest BCUT2D eigenvalue weighted by molar-refractivity contribution is -0.120. The number of halogens is 1. The highest BCUT2D eigenvalue weighted by Gasteiger charge is 2.31. The zero-order valence-corrected chi connectivity index (χ0v) is 19.2. The lowest BCUT2D eigenvalue weighted by Gasteiger charge is -2.26. The summed E-state index contributed by atoms with van der Waals surface area (Å²) in [4.78, 5) is 43.1. The summed E-state index contributed by atoms with van der Waals surface area (Å²) >= 11 is 3.39. The molecule has 1 atom stereocenters. The van der Waals surface area contributed by atoms with Gasteiger partial charge in [0.25, 0.3) is 5.91 Å². The SMILES string of the molecule is CC(C)C[C@H](NC(=O)c1nc(Br)n2c1CN(C(=O)OC(C)(C)C)CCC2)C(N)=O. The molecular formula is C19H30BrN5O4. The normalized spacial score (nSPS) is 15.5. The largest absolute Gasteiger partial charge is 0.444 e. The third kappa shape index (κ3) is 6.19. The molecule has 10 heteroatoms. The fourth-order valence-electron chi connectivity index (χ4n) is 3.13. The Kier molecular flexibility index (Phi) is 7.31. The number of carbonyl (C=O) groups is 3. The van der Waals surface area contributed by atoms with Gasteiger partial charge in [-0.15, -0.1) is 0 Å². The maximum Gasteiger partial charge on any atom is 0.410 e. The summed E-state index contributed by atoms with van der Waals surface area (Å²) in [5.41, 5.74) is 5.58. The monoisotopic (exact) mass is 471 g/mol. The molecule has 3 amide bonds. The van der Waals surface area contributed by atoms with E-state index in [1.165, 1.54) is 0 Å². The number of imidazole rings is 1. The average Bonchev–Trinajstić information content (AvgIpc) is 2.76. The number of aromatic nitrogens is 2. The van der Waals surface area contributed by atoms with Gasteiger partial charge >= 0.3 is 6.09 Å². The second-order valence-electron chi connectivity index (χ2n) is 8.64. The van der Waals surface area contributed by atoms with Crippen molar-refractivity contribution >= 4 is 33.8 Å². The number of nitrogens with two attached hydrogens (primary N) is 1. The maximum atomic E-state index is 12.9. The summed E-state index contributed by atoms with van der Waals surface area (Å²) in [5, 5.41) is 2.69. The van der Waals surface area contributed by atoms with Crippen LogP contribution in [-0.2, 0) is 22.6 Å². The molecule has 29 heavy (non-hydrogen) atoms. The Labute approximate surface area is 179 Å². The summed E-state index contributed by atoms with van der Waals surface area (Å²) in [5.74, 6) is -0.900. The summed E-state index contributed by atoms with van der Waals surface area (Å²) in [7, 11) is 0. The van der Waals surface area contributed by atoms with E-state index in [4.69, 9.17) is 10.5 Å². The van der Waals surface area contributed by atoms with Crippen LogP contribution in [0.1, 0.15) is 63.6 Å². The molecule has 0 bridgehead atoms. The van der Waals surface area contributed by atoms with Crippen LogP contribution in [0.2, 0.25) is 0 Å². The van der Waals surface area contributed by atoms with E-state index in [1.807, 2.05) is 18.4 Å². The molecule has 0 radical (unpaired) electrons. The van der Waals surface area contributed by atoms with E-state index in [1.54, 1.807) is 25.7 Å². The van der Waals surface area contributed by atoms with E-state index < -0.39 is 29.6 Å². The lowest BCUT2D eigenvalue weighted by Crippen LogP contribution is -2.45. The maximum absolute atomic E-state index is 12.9. The molecule has 1 aromatic heterocycles. The van der Waals surface area contributed by atoms with Crippen LogP contribution in [-0.4, -0.2) is 50.5 Å². The standard InChI is InChI=1S/C19H30BrN5O4/c1-11(2)9-12(15(21)26)22-16(27)14-13-10-24(18(28)29-19(3,4)5)7-6-8-25(13)17(20)23-14/h11-12H,6-10H2,1-5H3,(H2,21,26)(H,22,27)/t12-/m0/s1. The topological polar surface area (TPSA) is 120 Å². The molecule has 0 aliphatic carbocycles. The van der Waals surface area contributed by atoms with Gasteiger partial charge in [-0.25, -0.2) is 9.78 Å².